The minimum absolute atomic E-state index is 0.332. The van der Waals surface area contributed by atoms with Crippen molar-refractivity contribution in [1.29, 1.82) is 0 Å². The number of benzene rings is 2. The Morgan fingerprint density at radius 2 is 1.77 bits per heavy atom. The van der Waals surface area contributed by atoms with Gasteiger partial charge in [-0.2, -0.15) is 5.10 Å². The van der Waals surface area contributed by atoms with Gasteiger partial charge in [0.25, 0.3) is 0 Å². The summed E-state index contributed by atoms with van der Waals surface area (Å²) in [5.74, 6) is -1.19. The molecule has 0 aliphatic heterocycles. The van der Waals surface area contributed by atoms with Gasteiger partial charge in [0.2, 0.25) is 0 Å². The Kier molecular flexibility index (Phi) is 6.99. The molecule has 0 unspecified atom stereocenters. The van der Waals surface area contributed by atoms with Crippen molar-refractivity contribution in [3.8, 4) is 11.4 Å². The van der Waals surface area contributed by atoms with E-state index in [0.717, 1.165) is 22.6 Å². The molecule has 1 heterocycles. The van der Waals surface area contributed by atoms with Gasteiger partial charge in [0, 0.05) is 22.6 Å². The molecule has 160 valence electrons. The van der Waals surface area contributed by atoms with Crippen molar-refractivity contribution in [2.24, 2.45) is 5.10 Å². The standard InChI is InChI=1S/C22H20Cl2N4O3/c1-13-10-15(14(2)28(13)16-8-9-20(31-3)18(24)11-16)12-25-27-22(30)21(29)26-19-7-5-4-6-17(19)23/h4-12H,1-3H3,(H,26,29)(H,27,30)/b25-12-. The van der Waals surface area contributed by atoms with Crippen molar-refractivity contribution in [2.75, 3.05) is 12.4 Å². The topological polar surface area (TPSA) is 84.7 Å². The zero-order valence-corrected chi connectivity index (χ0v) is 18.6. The first-order chi connectivity index (χ1) is 14.8. The van der Waals surface area contributed by atoms with E-state index >= 15 is 0 Å². The van der Waals surface area contributed by atoms with Crippen LogP contribution in [-0.4, -0.2) is 29.7 Å². The fourth-order valence-electron chi connectivity index (χ4n) is 3.06. The van der Waals surface area contributed by atoms with Crippen molar-refractivity contribution in [2.45, 2.75) is 13.8 Å². The van der Waals surface area contributed by atoms with E-state index in [1.807, 2.05) is 36.6 Å². The maximum absolute atomic E-state index is 12.0. The summed E-state index contributed by atoms with van der Waals surface area (Å²) in [5.41, 5.74) is 6.03. The second-order valence-electron chi connectivity index (χ2n) is 6.61. The summed E-state index contributed by atoms with van der Waals surface area (Å²) in [6, 6.07) is 14.0. The average Bonchev–Trinajstić information content (AvgIpc) is 3.02. The van der Waals surface area contributed by atoms with Crippen molar-refractivity contribution in [3.63, 3.8) is 0 Å². The van der Waals surface area contributed by atoms with E-state index in [9.17, 15) is 9.59 Å². The van der Waals surface area contributed by atoms with Crippen molar-refractivity contribution >= 4 is 46.9 Å². The quantitative estimate of drug-likeness (QED) is 0.335. The molecular formula is C22H20Cl2N4O3. The summed E-state index contributed by atoms with van der Waals surface area (Å²) < 4.78 is 7.20. The number of hydrazone groups is 1. The zero-order valence-electron chi connectivity index (χ0n) is 17.1. The van der Waals surface area contributed by atoms with Gasteiger partial charge in [0.1, 0.15) is 5.75 Å². The van der Waals surface area contributed by atoms with Gasteiger partial charge in [0.15, 0.2) is 0 Å². The van der Waals surface area contributed by atoms with Crippen LogP contribution in [0.3, 0.4) is 0 Å². The highest BCUT2D eigenvalue weighted by Crippen LogP contribution is 2.29. The Bertz CT molecular complexity index is 1170. The fraction of sp³-hybridized carbons (Fsp3) is 0.136. The van der Waals surface area contributed by atoms with Crippen LogP contribution in [-0.2, 0) is 9.59 Å². The van der Waals surface area contributed by atoms with Gasteiger partial charge < -0.3 is 14.6 Å². The number of carbonyl (C=O) groups excluding carboxylic acids is 2. The van der Waals surface area contributed by atoms with Crippen molar-refractivity contribution in [3.05, 3.63) is 75.5 Å². The molecule has 0 atom stereocenters. The number of methoxy groups -OCH3 is 1. The van der Waals surface area contributed by atoms with E-state index in [1.54, 1.807) is 37.4 Å². The highest BCUT2D eigenvalue weighted by molar-refractivity contribution is 6.41. The first-order valence-corrected chi connectivity index (χ1v) is 9.99. The van der Waals surface area contributed by atoms with Crippen LogP contribution in [0.25, 0.3) is 5.69 Å². The Hall–Kier alpha value is -3.29. The number of carbonyl (C=O) groups is 2. The first kappa shape index (κ1) is 22.4. The zero-order chi connectivity index (χ0) is 22.5. The lowest BCUT2D eigenvalue weighted by Crippen LogP contribution is -2.32. The Morgan fingerprint density at radius 3 is 2.45 bits per heavy atom. The summed E-state index contributed by atoms with van der Waals surface area (Å²) in [6.45, 7) is 3.86. The SMILES string of the molecule is COc1ccc(-n2c(C)cc(/C=N\NC(=O)C(=O)Nc3ccccc3Cl)c2C)cc1Cl. The van der Waals surface area contributed by atoms with Gasteiger partial charge in [-0.1, -0.05) is 35.3 Å². The van der Waals surface area contributed by atoms with Gasteiger partial charge in [-0.05, 0) is 50.2 Å². The molecule has 0 spiro atoms. The Labute approximate surface area is 189 Å². The van der Waals surface area contributed by atoms with E-state index in [0.29, 0.717) is 21.5 Å². The van der Waals surface area contributed by atoms with Crippen LogP contribution in [0.2, 0.25) is 10.0 Å². The number of para-hydroxylation sites is 1. The van der Waals surface area contributed by atoms with E-state index < -0.39 is 11.8 Å². The number of nitrogens with one attached hydrogen (secondary N) is 2. The molecule has 0 saturated heterocycles. The maximum Gasteiger partial charge on any atom is 0.329 e. The number of rotatable bonds is 5. The third-order valence-corrected chi connectivity index (χ3v) is 5.19. The molecule has 0 bridgehead atoms. The predicted octanol–water partition coefficient (Wildman–Crippen LogP) is 4.50. The predicted molar refractivity (Wildman–Crippen MR) is 123 cm³/mol. The molecule has 2 aromatic carbocycles. The van der Waals surface area contributed by atoms with E-state index in [1.165, 1.54) is 6.21 Å². The maximum atomic E-state index is 12.0. The van der Waals surface area contributed by atoms with Crippen molar-refractivity contribution < 1.29 is 14.3 Å². The smallest absolute Gasteiger partial charge is 0.329 e. The lowest BCUT2D eigenvalue weighted by Gasteiger charge is -2.11. The summed E-state index contributed by atoms with van der Waals surface area (Å²) in [5, 5.41) is 7.17. The lowest BCUT2D eigenvalue weighted by molar-refractivity contribution is -0.136. The molecule has 3 aromatic rings. The number of nitrogens with zero attached hydrogens (tertiary/aromatic N) is 2. The highest BCUT2D eigenvalue weighted by atomic mass is 35.5. The molecule has 9 heteroatoms. The Balaban J connectivity index is 1.71. The molecule has 0 saturated carbocycles. The van der Waals surface area contributed by atoms with Crippen LogP contribution < -0.4 is 15.5 Å². The van der Waals surface area contributed by atoms with E-state index in [-0.39, 0.29) is 0 Å². The number of halogens is 2. The number of ether oxygens (including phenoxy) is 1. The molecule has 3 rings (SSSR count). The molecule has 0 fully saturated rings. The number of amides is 2. The average molecular weight is 459 g/mol. The van der Waals surface area contributed by atoms with Crippen LogP contribution in [0.4, 0.5) is 5.69 Å². The van der Waals surface area contributed by atoms with Crippen LogP contribution in [0.5, 0.6) is 5.75 Å². The third kappa shape index (κ3) is 5.07. The summed E-state index contributed by atoms with van der Waals surface area (Å²) in [6.07, 6.45) is 1.48. The molecule has 2 amide bonds. The number of aryl methyl sites for hydroxylation is 1. The number of hydrogen-bond acceptors (Lipinski definition) is 4. The van der Waals surface area contributed by atoms with E-state index in [4.69, 9.17) is 27.9 Å². The second-order valence-corrected chi connectivity index (χ2v) is 7.43. The Morgan fingerprint density at radius 1 is 1.03 bits per heavy atom. The molecule has 1 aromatic heterocycles. The van der Waals surface area contributed by atoms with Crippen molar-refractivity contribution in [1.82, 2.24) is 9.99 Å². The van der Waals surface area contributed by atoms with Crippen LogP contribution in [0.15, 0.2) is 53.6 Å². The van der Waals surface area contributed by atoms with Gasteiger partial charge >= 0.3 is 11.8 Å². The molecule has 0 aliphatic carbocycles. The second kappa shape index (κ2) is 9.68. The minimum atomic E-state index is -0.910. The van der Waals surface area contributed by atoms with Gasteiger partial charge in [0.05, 0.1) is 29.1 Å². The van der Waals surface area contributed by atoms with Gasteiger partial charge in [-0.3, -0.25) is 9.59 Å². The molecule has 31 heavy (non-hydrogen) atoms. The molecule has 7 nitrogen and oxygen atoms in total. The lowest BCUT2D eigenvalue weighted by atomic mass is 10.2. The normalized spacial score (nSPS) is 10.9. The van der Waals surface area contributed by atoms with E-state index in [2.05, 4.69) is 15.8 Å². The molecule has 0 aliphatic rings. The monoisotopic (exact) mass is 458 g/mol. The number of hydrogen-bond donors (Lipinski definition) is 2. The van der Waals surface area contributed by atoms with Gasteiger partial charge in [-0.15, -0.1) is 0 Å². The molecular weight excluding hydrogens is 439 g/mol. The fourth-order valence-corrected chi connectivity index (χ4v) is 3.50. The first-order valence-electron chi connectivity index (χ1n) is 9.23. The third-order valence-electron chi connectivity index (χ3n) is 4.56. The number of aromatic nitrogens is 1. The summed E-state index contributed by atoms with van der Waals surface area (Å²) >= 11 is 12.2. The largest absolute Gasteiger partial charge is 0.495 e. The summed E-state index contributed by atoms with van der Waals surface area (Å²) in [7, 11) is 1.56. The van der Waals surface area contributed by atoms with Crippen LogP contribution >= 0.6 is 23.2 Å². The van der Waals surface area contributed by atoms with Gasteiger partial charge in [-0.25, -0.2) is 5.43 Å². The number of anilines is 1. The van der Waals surface area contributed by atoms with Crippen LogP contribution in [0, 0.1) is 13.8 Å². The molecule has 0 radical (unpaired) electrons. The van der Waals surface area contributed by atoms with Crippen LogP contribution in [0.1, 0.15) is 17.0 Å². The molecule has 2 N–H and O–H groups in total. The minimum Gasteiger partial charge on any atom is -0.495 e. The highest BCUT2D eigenvalue weighted by Gasteiger charge is 2.15. The summed E-state index contributed by atoms with van der Waals surface area (Å²) in [4.78, 5) is 24.0.